The predicted molar refractivity (Wildman–Crippen MR) is 99.1 cm³/mol. The van der Waals surface area contributed by atoms with Crippen LogP contribution in [-0.2, 0) is 0 Å². The number of nitrogens with zero attached hydrogens (tertiary/aromatic N) is 1. The number of rotatable bonds is 1. The highest BCUT2D eigenvalue weighted by Crippen LogP contribution is 2.47. The lowest BCUT2D eigenvalue weighted by molar-refractivity contribution is 0.1000. The summed E-state index contributed by atoms with van der Waals surface area (Å²) in [6.07, 6.45) is 2.03. The van der Waals surface area contributed by atoms with Crippen molar-refractivity contribution < 1.29 is 4.79 Å². The Labute approximate surface area is 146 Å². The summed E-state index contributed by atoms with van der Waals surface area (Å²) in [6, 6.07) is 14.5. The van der Waals surface area contributed by atoms with Gasteiger partial charge in [-0.05, 0) is 66.4 Å². The SMILES string of the molecule is CN1CCC2=C(CC1)c1cc(C(N)=O)ccc1Sc1ccccc12. The van der Waals surface area contributed by atoms with Crippen LogP contribution >= 0.6 is 11.8 Å². The molecule has 2 heterocycles. The fourth-order valence-corrected chi connectivity index (χ4v) is 4.66. The molecule has 2 aliphatic heterocycles. The largest absolute Gasteiger partial charge is 0.366 e. The lowest BCUT2D eigenvalue weighted by Crippen LogP contribution is -2.19. The molecule has 0 aliphatic carbocycles. The Bertz CT molecular complexity index is 856. The smallest absolute Gasteiger partial charge is 0.248 e. The monoisotopic (exact) mass is 336 g/mol. The first-order valence-corrected chi connectivity index (χ1v) is 9.07. The van der Waals surface area contributed by atoms with Crippen molar-refractivity contribution in [2.45, 2.75) is 22.6 Å². The average molecular weight is 336 g/mol. The maximum atomic E-state index is 11.7. The molecule has 0 saturated carbocycles. The fraction of sp³-hybridized carbons (Fsp3) is 0.250. The van der Waals surface area contributed by atoms with Crippen LogP contribution in [0.3, 0.4) is 0 Å². The number of benzene rings is 2. The third-order valence-corrected chi connectivity index (χ3v) is 6.02. The summed E-state index contributed by atoms with van der Waals surface area (Å²) in [7, 11) is 2.17. The summed E-state index contributed by atoms with van der Waals surface area (Å²) in [5, 5.41) is 0. The van der Waals surface area contributed by atoms with E-state index in [0.29, 0.717) is 5.56 Å². The quantitative estimate of drug-likeness (QED) is 0.859. The number of fused-ring (bicyclic) bond motifs is 4. The van der Waals surface area contributed by atoms with E-state index in [2.05, 4.69) is 36.2 Å². The van der Waals surface area contributed by atoms with Gasteiger partial charge in [-0.15, -0.1) is 0 Å². The van der Waals surface area contributed by atoms with Crippen LogP contribution < -0.4 is 5.73 Å². The van der Waals surface area contributed by atoms with Gasteiger partial charge in [0.05, 0.1) is 0 Å². The zero-order chi connectivity index (χ0) is 16.7. The molecule has 0 aromatic heterocycles. The Hall–Kier alpha value is -2.04. The van der Waals surface area contributed by atoms with Gasteiger partial charge in [-0.1, -0.05) is 30.0 Å². The van der Waals surface area contributed by atoms with Crippen molar-refractivity contribution in [3.05, 3.63) is 59.2 Å². The fourth-order valence-electron chi connectivity index (χ4n) is 3.54. The Morgan fingerprint density at radius 3 is 2.42 bits per heavy atom. The summed E-state index contributed by atoms with van der Waals surface area (Å²) < 4.78 is 0. The van der Waals surface area contributed by atoms with E-state index in [0.717, 1.165) is 25.9 Å². The maximum Gasteiger partial charge on any atom is 0.248 e. The maximum absolute atomic E-state index is 11.7. The molecule has 0 bridgehead atoms. The van der Waals surface area contributed by atoms with Gasteiger partial charge in [0, 0.05) is 28.4 Å². The Kier molecular flexibility index (Phi) is 3.94. The van der Waals surface area contributed by atoms with Crippen molar-refractivity contribution in [3.63, 3.8) is 0 Å². The molecule has 4 heteroatoms. The second-order valence-electron chi connectivity index (χ2n) is 6.43. The van der Waals surface area contributed by atoms with E-state index in [4.69, 9.17) is 5.73 Å². The number of amides is 1. The van der Waals surface area contributed by atoms with Gasteiger partial charge >= 0.3 is 0 Å². The second kappa shape index (κ2) is 6.11. The molecule has 2 aromatic rings. The van der Waals surface area contributed by atoms with E-state index >= 15 is 0 Å². The molecule has 0 atom stereocenters. The van der Waals surface area contributed by atoms with Gasteiger partial charge in [0.15, 0.2) is 0 Å². The summed E-state index contributed by atoms with van der Waals surface area (Å²) >= 11 is 1.79. The molecular formula is C20H20N2OS. The van der Waals surface area contributed by atoms with Crippen LogP contribution in [0.15, 0.2) is 52.3 Å². The van der Waals surface area contributed by atoms with Crippen LogP contribution in [0.2, 0.25) is 0 Å². The molecule has 2 aliphatic rings. The van der Waals surface area contributed by atoms with E-state index in [-0.39, 0.29) is 5.91 Å². The molecule has 24 heavy (non-hydrogen) atoms. The molecule has 0 radical (unpaired) electrons. The number of hydrogen-bond donors (Lipinski definition) is 1. The molecule has 1 amide bonds. The predicted octanol–water partition coefficient (Wildman–Crippen LogP) is 3.89. The van der Waals surface area contributed by atoms with Crippen molar-refractivity contribution in [1.29, 1.82) is 0 Å². The van der Waals surface area contributed by atoms with Crippen LogP contribution in [0.25, 0.3) is 11.1 Å². The molecule has 122 valence electrons. The number of nitrogens with two attached hydrogens (primary N) is 1. The highest BCUT2D eigenvalue weighted by molar-refractivity contribution is 7.99. The van der Waals surface area contributed by atoms with Crippen LogP contribution in [0.5, 0.6) is 0 Å². The Morgan fingerprint density at radius 2 is 1.67 bits per heavy atom. The van der Waals surface area contributed by atoms with Gasteiger partial charge in [-0.25, -0.2) is 0 Å². The Balaban J connectivity index is 1.97. The third kappa shape index (κ3) is 2.66. The van der Waals surface area contributed by atoms with Crippen molar-refractivity contribution in [2.75, 3.05) is 20.1 Å². The third-order valence-electron chi connectivity index (χ3n) is 4.87. The zero-order valence-corrected chi connectivity index (χ0v) is 14.5. The number of hydrogen-bond acceptors (Lipinski definition) is 3. The second-order valence-corrected chi connectivity index (χ2v) is 7.52. The minimum Gasteiger partial charge on any atom is -0.366 e. The molecule has 4 rings (SSSR count). The van der Waals surface area contributed by atoms with Gasteiger partial charge in [0.25, 0.3) is 0 Å². The Morgan fingerprint density at radius 1 is 1.00 bits per heavy atom. The standard InChI is InChI=1S/C20H20N2OS/c1-22-10-8-14-15(9-11-22)17-12-13(20(21)23)6-7-19(17)24-18-5-3-2-4-16(14)18/h2-7,12H,8-11H2,1H3,(H2,21,23). The topological polar surface area (TPSA) is 46.3 Å². The van der Waals surface area contributed by atoms with E-state index < -0.39 is 0 Å². The van der Waals surface area contributed by atoms with Gasteiger partial charge in [-0.2, -0.15) is 0 Å². The lowest BCUT2D eigenvalue weighted by atomic mass is 9.90. The van der Waals surface area contributed by atoms with Crippen molar-refractivity contribution in [2.24, 2.45) is 5.73 Å². The number of carbonyl (C=O) groups excluding carboxylic acids is 1. The molecule has 2 aromatic carbocycles. The van der Waals surface area contributed by atoms with Gasteiger partial charge < -0.3 is 10.6 Å². The number of primary amides is 1. The van der Waals surface area contributed by atoms with Gasteiger partial charge in [0.1, 0.15) is 0 Å². The van der Waals surface area contributed by atoms with Crippen molar-refractivity contribution >= 4 is 28.8 Å². The minimum absolute atomic E-state index is 0.363. The average Bonchev–Trinajstić information content (AvgIpc) is 2.84. The zero-order valence-electron chi connectivity index (χ0n) is 13.7. The minimum atomic E-state index is -0.363. The number of carbonyl (C=O) groups is 1. The van der Waals surface area contributed by atoms with Crippen LogP contribution in [0.4, 0.5) is 0 Å². The van der Waals surface area contributed by atoms with Gasteiger partial charge in [0.2, 0.25) is 5.91 Å². The van der Waals surface area contributed by atoms with Crippen LogP contribution in [0.1, 0.15) is 34.3 Å². The molecule has 0 unspecified atom stereocenters. The molecule has 0 saturated heterocycles. The van der Waals surface area contributed by atoms with Crippen LogP contribution in [0, 0.1) is 0 Å². The van der Waals surface area contributed by atoms with E-state index in [1.54, 1.807) is 11.8 Å². The normalized spacial score (nSPS) is 17.4. The van der Waals surface area contributed by atoms with Crippen LogP contribution in [-0.4, -0.2) is 30.9 Å². The molecule has 0 fully saturated rings. The van der Waals surface area contributed by atoms with Crippen molar-refractivity contribution in [1.82, 2.24) is 4.90 Å². The summed E-state index contributed by atoms with van der Waals surface area (Å²) in [4.78, 5) is 16.5. The first-order valence-electron chi connectivity index (χ1n) is 8.25. The first-order chi connectivity index (χ1) is 11.6. The summed E-state index contributed by atoms with van der Waals surface area (Å²) in [5.41, 5.74) is 11.4. The van der Waals surface area contributed by atoms with E-state index in [9.17, 15) is 4.79 Å². The highest BCUT2D eigenvalue weighted by atomic mass is 32.2. The summed E-state index contributed by atoms with van der Waals surface area (Å²) in [5.74, 6) is -0.363. The lowest BCUT2D eigenvalue weighted by Gasteiger charge is -2.14. The molecule has 2 N–H and O–H groups in total. The first kappa shape index (κ1) is 15.5. The van der Waals surface area contributed by atoms with Gasteiger partial charge in [-0.3, -0.25) is 4.79 Å². The summed E-state index contributed by atoms with van der Waals surface area (Å²) in [6.45, 7) is 2.09. The molecule has 0 spiro atoms. The highest BCUT2D eigenvalue weighted by Gasteiger charge is 2.25. The van der Waals surface area contributed by atoms with Crippen molar-refractivity contribution in [3.8, 4) is 0 Å². The van der Waals surface area contributed by atoms with E-state index in [1.807, 2.05) is 18.2 Å². The van der Waals surface area contributed by atoms with E-state index in [1.165, 1.54) is 32.1 Å². The molecular weight excluding hydrogens is 316 g/mol. The molecule has 3 nitrogen and oxygen atoms in total.